The van der Waals surface area contributed by atoms with E-state index in [9.17, 15) is 13.2 Å². The first kappa shape index (κ1) is 16.4. The molecule has 1 amide bonds. The Morgan fingerprint density at radius 3 is 2.73 bits per heavy atom. The summed E-state index contributed by atoms with van der Waals surface area (Å²) in [6.07, 6.45) is -0.206. The van der Waals surface area contributed by atoms with Gasteiger partial charge in [0.15, 0.2) is 11.5 Å². The molecule has 4 rings (SSSR count). The van der Waals surface area contributed by atoms with Gasteiger partial charge >= 0.3 is 0 Å². The Balaban J connectivity index is 1.48. The van der Waals surface area contributed by atoms with Gasteiger partial charge < -0.3 is 20.1 Å². The summed E-state index contributed by atoms with van der Waals surface area (Å²) in [4.78, 5) is 12.4. The van der Waals surface area contributed by atoms with Gasteiger partial charge in [-0.05, 0) is 24.3 Å². The molecule has 0 saturated heterocycles. The fourth-order valence-electron chi connectivity index (χ4n) is 2.72. The zero-order valence-electron chi connectivity index (χ0n) is 13.6. The lowest BCUT2D eigenvalue weighted by Gasteiger charge is -2.19. The van der Waals surface area contributed by atoms with Gasteiger partial charge in [-0.15, -0.1) is 4.40 Å². The molecule has 0 atom stereocenters. The fraction of sp³-hybridized carbons (Fsp3) is 0.176. The summed E-state index contributed by atoms with van der Waals surface area (Å²) in [5, 5.41) is 5.59. The topological polar surface area (TPSA) is 106 Å². The predicted octanol–water partition coefficient (Wildman–Crippen LogP) is 2.00. The van der Waals surface area contributed by atoms with E-state index in [0.717, 1.165) is 0 Å². The van der Waals surface area contributed by atoms with Crippen molar-refractivity contribution in [3.8, 4) is 11.5 Å². The summed E-state index contributed by atoms with van der Waals surface area (Å²) in [6.45, 7) is 0.933. The molecule has 2 aromatic rings. The van der Waals surface area contributed by atoms with Crippen molar-refractivity contribution >= 4 is 33.1 Å². The van der Waals surface area contributed by atoms with E-state index in [1.165, 1.54) is 6.07 Å². The zero-order valence-corrected chi connectivity index (χ0v) is 14.4. The molecule has 2 aromatic carbocycles. The van der Waals surface area contributed by atoms with Crippen LogP contribution in [-0.2, 0) is 14.8 Å². The second-order valence-electron chi connectivity index (χ2n) is 5.72. The van der Waals surface area contributed by atoms with Crippen LogP contribution in [-0.4, -0.2) is 33.4 Å². The number of fused-ring (bicyclic) bond motifs is 2. The number of para-hydroxylation sites is 1. The number of sulfonamides is 1. The van der Waals surface area contributed by atoms with Crippen LogP contribution in [0.15, 0.2) is 51.8 Å². The lowest BCUT2D eigenvalue weighted by Crippen LogP contribution is -2.26. The van der Waals surface area contributed by atoms with E-state index in [0.29, 0.717) is 36.1 Å². The first-order valence-electron chi connectivity index (χ1n) is 7.91. The molecule has 0 spiro atoms. The maximum absolute atomic E-state index is 12.3. The average Bonchev–Trinajstić information content (AvgIpc) is 2.61. The van der Waals surface area contributed by atoms with E-state index in [1.807, 2.05) is 0 Å². The Kier molecular flexibility index (Phi) is 4.00. The molecule has 8 nitrogen and oxygen atoms in total. The normalized spacial score (nSPS) is 16.7. The number of benzene rings is 2. The van der Waals surface area contributed by atoms with E-state index in [1.54, 1.807) is 36.4 Å². The van der Waals surface area contributed by atoms with Gasteiger partial charge in [0.2, 0.25) is 5.91 Å². The van der Waals surface area contributed by atoms with Gasteiger partial charge in [0.25, 0.3) is 10.0 Å². The molecule has 2 heterocycles. The number of nitrogens with zero attached hydrogens (tertiary/aromatic N) is 1. The minimum Gasteiger partial charge on any atom is -0.486 e. The Bertz CT molecular complexity index is 1020. The van der Waals surface area contributed by atoms with E-state index in [4.69, 9.17) is 9.47 Å². The second-order valence-corrected chi connectivity index (χ2v) is 7.29. The number of carbonyl (C=O) groups is 1. The minimum atomic E-state index is -3.81. The number of rotatable bonds is 3. The lowest BCUT2D eigenvalue weighted by molar-refractivity contribution is -0.115. The van der Waals surface area contributed by atoms with Crippen LogP contribution in [0.25, 0.3) is 0 Å². The summed E-state index contributed by atoms with van der Waals surface area (Å²) in [5.74, 6) is 0.843. The Morgan fingerprint density at radius 2 is 1.88 bits per heavy atom. The highest BCUT2D eigenvalue weighted by molar-refractivity contribution is 7.90. The number of amides is 1. The number of amidine groups is 1. The van der Waals surface area contributed by atoms with Crippen molar-refractivity contribution in [2.45, 2.75) is 11.3 Å². The first-order chi connectivity index (χ1) is 12.5. The van der Waals surface area contributed by atoms with Crippen LogP contribution in [0.4, 0.5) is 11.4 Å². The van der Waals surface area contributed by atoms with Crippen LogP contribution < -0.4 is 20.1 Å². The van der Waals surface area contributed by atoms with Crippen molar-refractivity contribution in [3.63, 3.8) is 0 Å². The van der Waals surface area contributed by atoms with Gasteiger partial charge in [0.1, 0.15) is 23.9 Å². The molecule has 0 saturated carbocycles. The summed E-state index contributed by atoms with van der Waals surface area (Å²) in [6, 6.07) is 11.5. The third-order valence-electron chi connectivity index (χ3n) is 3.83. The molecular weight excluding hydrogens is 358 g/mol. The molecule has 0 fully saturated rings. The number of ether oxygens (including phenoxy) is 2. The predicted molar refractivity (Wildman–Crippen MR) is 95.4 cm³/mol. The van der Waals surface area contributed by atoms with Crippen LogP contribution in [0.3, 0.4) is 0 Å². The largest absolute Gasteiger partial charge is 0.486 e. The third-order valence-corrected chi connectivity index (χ3v) is 5.20. The molecule has 0 aliphatic carbocycles. The van der Waals surface area contributed by atoms with E-state index < -0.39 is 15.9 Å². The summed E-state index contributed by atoms with van der Waals surface area (Å²) in [5.41, 5.74) is 0.934. The van der Waals surface area contributed by atoms with Crippen molar-refractivity contribution in [2.75, 3.05) is 23.8 Å². The molecule has 2 aliphatic rings. The Labute approximate surface area is 149 Å². The molecule has 2 N–H and O–H groups in total. The van der Waals surface area contributed by atoms with Gasteiger partial charge in [0, 0.05) is 11.8 Å². The second kappa shape index (κ2) is 6.34. The van der Waals surface area contributed by atoms with Crippen LogP contribution in [0, 0.1) is 0 Å². The lowest BCUT2D eigenvalue weighted by atomic mass is 10.2. The molecule has 2 aliphatic heterocycles. The zero-order chi connectivity index (χ0) is 18.1. The number of carbonyl (C=O) groups excluding carboxylic acids is 1. The molecule has 0 radical (unpaired) electrons. The minimum absolute atomic E-state index is 0.0683. The maximum atomic E-state index is 12.3. The summed E-state index contributed by atoms with van der Waals surface area (Å²) >= 11 is 0. The van der Waals surface area contributed by atoms with Crippen molar-refractivity contribution in [1.82, 2.24) is 0 Å². The SMILES string of the molecule is O=C(CC1=NS(=O)(=O)c2ccccc2N1)Nc1ccc2c(c1)OCCO2. The monoisotopic (exact) mass is 373 g/mol. The van der Waals surface area contributed by atoms with E-state index in [-0.39, 0.29) is 17.2 Å². The maximum Gasteiger partial charge on any atom is 0.286 e. The highest BCUT2D eigenvalue weighted by Gasteiger charge is 2.25. The van der Waals surface area contributed by atoms with Crippen LogP contribution in [0.1, 0.15) is 6.42 Å². The smallest absolute Gasteiger partial charge is 0.286 e. The first-order valence-corrected chi connectivity index (χ1v) is 9.35. The summed E-state index contributed by atoms with van der Waals surface area (Å²) in [7, 11) is -3.81. The molecule has 9 heteroatoms. The van der Waals surface area contributed by atoms with Gasteiger partial charge in [-0.2, -0.15) is 8.42 Å². The quantitative estimate of drug-likeness (QED) is 0.852. The van der Waals surface area contributed by atoms with Crippen molar-refractivity contribution in [3.05, 3.63) is 42.5 Å². The van der Waals surface area contributed by atoms with Crippen molar-refractivity contribution in [2.24, 2.45) is 4.40 Å². The van der Waals surface area contributed by atoms with E-state index >= 15 is 0 Å². The number of hydrogen-bond donors (Lipinski definition) is 2. The third kappa shape index (κ3) is 3.21. The highest BCUT2D eigenvalue weighted by atomic mass is 32.2. The van der Waals surface area contributed by atoms with Crippen molar-refractivity contribution < 1.29 is 22.7 Å². The molecular formula is C17H15N3O5S. The van der Waals surface area contributed by atoms with Crippen LogP contribution >= 0.6 is 0 Å². The summed E-state index contributed by atoms with van der Waals surface area (Å²) < 4.78 is 39.0. The van der Waals surface area contributed by atoms with Gasteiger partial charge in [-0.25, -0.2) is 0 Å². The number of anilines is 2. The molecule has 134 valence electrons. The van der Waals surface area contributed by atoms with E-state index in [2.05, 4.69) is 15.0 Å². The Morgan fingerprint density at radius 1 is 1.12 bits per heavy atom. The van der Waals surface area contributed by atoms with Crippen LogP contribution in [0.2, 0.25) is 0 Å². The van der Waals surface area contributed by atoms with Crippen molar-refractivity contribution in [1.29, 1.82) is 0 Å². The van der Waals surface area contributed by atoms with Gasteiger partial charge in [0.05, 0.1) is 12.1 Å². The highest BCUT2D eigenvalue weighted by Crippen LogP contribution is 2.32. The molecule has 26 heavy (non-hydrogen) atoms. The average molecular weight is 373 g/mol. The number of nitrogens with one attached hydrogen (secondary N) is 2. The molecule has 0 aromatic heterocycles. The fourth-order valence-corrected chi connectivity index (χ4v) is 3.87. The van der Waals surface area contributed by atoms with Gasteiger partial charge in [-0.3, -0.25) is 4.79 Å². The molecule has 0 bridgehead atoms. The van der Waals surface area contributed by atoms with Gasteiger partial charge in [-0.1, -0.05) is 12.1 Å². The standard InChI is InChI=1S/C17H15N3O5S/c21-17(18-11-5-6-13-14(9-11)25-8-7-24-13)10-16-19-12-3-1-2-4-15(12)26(22,23)20-16/h1-6,9H,7-8,10H2,(H,18,21)(H,19,20). The Hall–Kier alpha value is -3.07. The van der Waals surface area contributed by atoms with Crippen LogP contribution in [0.5, 0.6) is 11.5 Å². The number of hydrogen-bond acceptors (Lipinski definition) is 6. The molecule has 0 unspecified atom stereocenters.